The summed E-state index contributed by atoms with van der Waals surface area (Å²) in [6.45, 7) is 11.4. The lowest BCUT2D eigenvalue weighted by Gasteiger charge is -2.18. The van der Waals surface area contributed by atoms with Crippen molar-refractivity contribution in [2.75, 3.05) is 6.61 Å². The molecule has 1 rings (SSSR count). The lowest BCUT2D eigenvalue weighted by molar-refractivity contribution is 0.204. The number of H-pyrrole nitrogens is 1. The van der Waals surface area contributed by atoms with Crippen molar-refractivity contribution >= 4 is 5.57 Å². The largest absolute Gasteiger partial charge is 0.394 e. The van der Waals surface area contributed by atoms with E-state index in [1.54, 1.807) is 13.1 Å². The Kier molecular flexibility index (Phi) is 7.72. The van der Waals surface area contributed by atoms with Gasteiger partial charge in [-0.1, -0.05) is 30.9 Å². The predicted molar refractivity (Wildman–Crippen MR) is 81.5 cm³/mol. The zero-order valence-electron chi connectivity index (χ0n) is 12.3. The number of allylic oxidation sites excluding steroid dienone is 5. The standard InChI is InChI=1S/C11H17N3O.C4H8/c1-4-5-8(2)9-6-13-10(14-9)11(3,12)7-15;1-3-4-2/h4-6,15H,2,7,12H2,1,3H3,(H,13,14);3-4H,1-2H3/b5-4-;4-3+. The third kappa shape index (κ3) is 5.68. The smallest absolute Gasteiger partial charge is 0.128 e. The fourth-order valence-corrected chi connectivity index (χ4v) is 1.14. The van der Waals surface area contributed by atoms with Crippen LogP contribution in [0.1, 0.15) is 39.2 Å². The first-order valence-corrected chi connectivity index (χ1v) is 6.27. The van der Waals surface area contributed by atoms with Gasteiger partial charge in [-0.2, -0.15) is 0 Å². The Bertz CT molecular complexity index is 438. The van der Waals surface area contributed by atoms with E-state index in [2.05, 4.69) is 16.5 Å². The molecule has 19 heavy (non-hydrogen) atoms. The Labute approximate surface area is 115 Å². The normalized spacial score (nSPS) is 14.2. The van der Waals surface area contributed by atoms with E-state index in [-0.39, 0.29) is 6.61 Å². The van der Waals surface area contributed by atoms with Crippen molar-refractivity contribution in [1.29, 1.82) is 0 Å². The van der Waals surface area contributed by atoms with Gasteiger partial charge in [0, 0.05) is 0 Å². The summed E-state index contributed by atoms with van der Waals surface area (Å²) in [5.41, 5.74) is 6.65. The molecule has 1 aromatic rings. The van der Waals surface area contributed by atoms with Crippen molar-refractivity contribution in [2.45, 2.75) is 33.2 Å². The van der Waals surface area contributed by atoms with Crippen LogP contribution in [-0.2, 0) is 5.54 Å². The van der Waals surface area contributed by atoms with Crippen LogP contribution in [0.25, 0.3) is 5.57 Å². The Balaban J connectivity index is 0.000000711. The van der Waals surface area contributed by atoms with Crippen LogP contribution in [0.2, 0.25) is 0 Å². The molecule has 106 valence electrons. The number of hydrogen-bond donors (Lipinski definition) is 3. The average molecular weight is 263 g/mol. The molecule has 0 aromatic carbocycles. The summed E-state index contributed by atoms with van der Waals surface area (Å²) in [6, 6.07) is 0. The highest BCUT2D eigenvalue weighted by atomic mass is 16.3. The van der Waals surface area contributed by atoms with Crippen LogP contribution in [0.5, 0.6) is 0 Å². The number of nitrogens with two attached hydrogens (primary N) is 1. The number of aliphatic hydroxyl groups excluding tert-OH is 1. The second-order valence-electron chi connectivity index (χ2n) is 4.41. The Morgan fingerprint density at radius 2 is 2.00 bits per heavy atom. The maximum atomic E-state index is 9.08. The molecule has 4 nitrogen and oxygen atoms in total. The van der Waals surface area contributed by atoms with E-state index >= 15 is 0 Å². The molecule has 1 unspecified atom stereocenters. The predicted octanol–water partition coefficient (Wildman–Crippen LogP) is 2.75. The van der Waals surface area contributed by atoms with E-state index in [0.29, 0.717) is 5.82 Å². The molecule has 0 radical (unpaired) electrons. The van der Waals surface area contributed by atoms with Crippen LogP contribution < -0.4 is 5.73 Å². The van der Waals surface area contributed by atoms with Gasteiger partial charge in [-0.3, -0.25) is 0 Å². The SMILES string of the molecule is C/C=C/C.C=C(/C=C\C)c1cnc(C(C)(N)CO)[nH]1. The third-order valence-electron chi connectivity index (χ3n) is 2.49. The van der Waals surface area contributed by atoms with Crippen LogP contribution in [0.3, 0.4) is 0 Å². The van der Waals surface area contributed by atoms with E-state index in [9.17, 15) is 0 Å². The van der Waals surface area contributed by atoms with Gasteiger partial charge in [-0.05, 0) is 33.3 Å². The topological polar surface area (TPSA) is 74.9 Å². The molecular formula is C15H25N3O. The Morgan fingerprint density at radius 1 is 1.42 bits per heavy atom. The van der Waals surface area contributed by atoms with Gasteiger partial charge in [0.2, 0.25) is 0 Å². The lowest BCUT2D eigenvalue weighted by atomic mass is 10.1. The molecule has 1 atom stereocenters. The summed E-state index contributed by atoms with van der Waals surface area (Å²) in [6.07, 6.45) is 9.44. The van der Waals surface area contributed by atoms with E-state index < -0.39 is 5.54 Å². The van der Waals surface area contributed by atoms with Gasteiger partial charge >= 0.3 is 0 Å². The van der Waals surface area contributed by atoms with E-state index in [0.717, 1.165) is 11.3 Å². The molecule has 0 aliphatic rings. The maximum Gasteiger partial charge on any atom is 0.128 e. The minimum Gasteiger partial charge on any atom is -0.394 e. The second-order valence-corrected chi connectivity index (χ2v) is 4.41. The van der Waals surface area contributed by atoms with Crippen molar-refractivity contribution < 1.29 is 5.11 Å². The molecule has 1 aromatic heterocycles. The molecule has 4 N–H and O–H groups in total. The molecule has 4 heteroatoms. The first-order chi connectivity index (χ1) is 8.92. The number of rotatable bonds is 4. The maximum absolute atomic E-state index is 9.08. The summed E-state index contributed by atoms with van der Waals surface area (Å²) in [5.74, 6) is 0.561. The number of imidazole rings is 1. The van der Waals surface area contributed by atoms with Crippen molar-refractivity contribution in [3.8, 4) is 0 Å². The summed E-state index contributed by atoms with van der Waals surface area (Å²) in [5, 5.41) is 9.08. The van der Waals surface area contributed by atoms with Gasteiger partial charge in [-0.25, -0.2) is 4.98 Å². The van der Waals surface area contributed by atoms with Crippen molar-refractivity contribution in [3.05, 3.63) is 48.6 Å². The highest BCUT2D eigenvalue weighted by Crippen LogP contribution is 2.17. The molecule has 0 fully saturated rings. The number of aromatic nitrogens is 2. The number of nitrogens with one attached hydrogen (secondary N) is 1. The van der Waals surface area contributed by atoms with Crippen molar-refractivity contribution in [2.24, 2.45) is 5.73 Å². The fourth-order valence-electron chi connectivity index (χ4n) is 1.14. The molecule has 1 heterocycles. The van der Waals surface area contributed by atoms with Crippen molar-refractivity contribution in [1.82, 2.24) is 9.97 Å². The minimum absolute atomic E-state index is 0.157. The minimum atomic E-state index is -0.839. The average Bonchev–Trinajstić information content (AvgIpc) is 2.90. The highest BCUT2D eigenvalue weighted by molar-refractivity contribution is 5.68. The van der Waals surface area contributed by atoms with Crippen LogP contribution in [0, 0.1) is 0 Å². The Morgan fingerprint density at radius 3 is 2.42 bits per heavy atom. The van der Waals surface area contributed by atoms with Crippen LogP contribution in [-0.4, -0.2) is 21.7 Å². The van der Waals surface area contributed by atoms with Gasteiger partial charge < -0.3 is 15.8 Å². The Hall–Kier alpha value is -1.65. The quantitative estimate of drug-likeness (QED) is 0.577. The number of aliphatic hydroxyl groups is 1. The molecule has 0 bridgehead atoms. The van der Waals surface area contributed by atoms with Gasteiger partial charge in [-0.15, -0.1) is 0 Å². The van der Waals surface area contributed by atoms with Crippen molar-refractivity contribution in [3.63, 3.8) is 0 Å². The number of nitrogens with zero attached hydrogens (tertiary/aromatic N) is 1. The first-order valence-electron chi connectivity index (χ1n) is 6.27. The molecule has 0 amide bonds. The van der Waals surface area contributed by atoms with Gasteiger partial charge in [0.1, 0.15) is 5.82 Å². The second kappa shape index (κ2) is 8.45. The third-order valence-corrected chi connectivity index (χ3v) is 2.49. The zero-order chi connectivity index (χ0) is 14.9. The molecule has 0 saturated carbocycles. The molecule has 0 aliphatic carbocycles. The zero-order valence-corrected chi connectivity index (χ0v) is 12.3. The summed E-state index contributed by atoms with van der Waals surface area (Å²) < 4.78 is 0. The van der Waals surface area contributed by atoms with Gasteiger partial charge in [0.05, 0.1) is 24.0 Å². The summed E-state index contributed by atoms with van der Waals surface area (Å²) in [4.78, 5) is 7.17. The van der Waals surface area contributed by atoms with Crippen LogP contribution in [0.15, 0.2) is 37.1 Å². The number of aromatic amines is 1. The van der Waals surface area contributed by atoms with E-state index in [4.69, 9.17) is 10.8 Å². The summed E-state index contributed by atoms with van der Waals surface area (Å²) >= 11 is 0. The van der Waals surface area contributed by atoms with Gasteiger partial charge in [0.25, 0.3) is 0 Å². The van der Waals surface area contributed by atoms with Crippen LogP contribution >= 0.6 is 0 Å². The summed E-state index contributed by atoms with van der Waals surface area (Å²) in [7, 11) is 0. The fraction of sp³-hybridized carbons (Fsp3) is 0.400. The highest BCUT2D eigenvalue weighted by Gasteiger charge is 2.23. The number of hydrogen-bond acceptors (Lipinski definition) is 3. The molecular weight excluding hydrogens is 238 g/mol. The van der Waals surface area contributed by atoms with Gasteiger partial charge in [0.15, 0.2) is 0 Å². The first kappa shape index (κ1) is 17.4. The molecule has 0 aliphatic heterocycles. The monoisotopic (exact) mass is 263 g/mol. The molecule has 0 saturated heterocycles. The van der Waals surface area contributed by atoms with Crippen LogP contribution in [0.4, 0.5) is 0 Å². The van der Waals surface area contributed by atoms with E-state index in [1.165, 1.54) is 0 Å². The van der Waals surface area contributed by atoms with E-state index in [1.807, 2.05) is 45.1 Å². The molecule has 0 spiro atoms. The lowest BCUT2D eigenvalue weighted by Crippen LogP contribution is -2.38.